The number of esters is 1. The largest absolute Gasteiger partial charge is 0.469 e. The number of carbonyl (C=O) groups is 1. The lowest BCUT2D eigenvalue weighted by Crippen LogP contribution is -2.23. The smallest absolute Gasteiger partial charge is 0.307 e. The molecule has 1 aromatic carbocycles. The predicted molar refractivity (Wildman–Crippen MR) is 83.3 cm³/mol. The number of aliphatic imine (C=N–C) groups is 1. The van der Waals surface area contributed by atoms with Crippen LogP contribution < -0.4 is 11.1 Å². The van der Waals surface area contributed by atoms with E-state index in [2.05, 4.69) is 15.0 Å². The molecule has 5 nitrogen and oxygen atoms in total. The van der Waals surface area contributed by atoms with Crippen molar-refractivity contribution >= 4 is 41.6 Å². The van der Waals surface area contributed by atoms with Crippen molar-refractivity contribution in [2.75, 3.05) is 19.0 Å². The first kappa shape index (κ1) is 16.7. The second-order valence-corrected chi connectivity index (χ2v) is 3.59. The molecule has 0 saturated heterocycles. The zero-order valence-corrected chi connectivity index (χ0v) is 12.8. The van der Waals surface area contributed by atoms with E-state index in [4.69, 9.17) is 5.73 Å². The molecular formula is C12H18IN3O2. The third-order valence-corrected chi connectivity index (χ3v) is 2.12. The number of anilines is 1. The van der Waals surface area contributed by atoms with Crippen molar-refractivity contribution in [3.05, 3.63) is 29.8 Å². The molecule has 0 amide bonds. The van der Waals surface area contributed by atoms with E-state index >= 15 is 0 Å². The monoisotopic (exact) mass is 363 g/mol. The Morgan fingerprint density at radius 2 is 2.22 bits per heavy atom. The Morgan fingerprint density at radius 3 is 2.83 bits per heavy atom. The van der Waals surface area contributed by atoms with E-state index < -0.39 is 0 Å². The van der Waals surface area contributed by atoms with Crippen LogP contribution in [0, 0.1) is 6.92 Å². The zero-order valence-electron chi connectivity index (χ0n) is 10.5. The van der Waals surface area contributed by atoms with E-state index in [1.807, 2.05) is 31.2 Å². The quantitative estimate of drug-likeness (QED) is 0.371. The first-order valence-electron chi connectivity index (χ1n) is 5.32. The van der Waals surface area contributed by atoms with Gasteiger partial charge < -0.3 is 15.8 Å². The first-order valence-corrected chi connectivity index (χ1v) is 5.32. The van der Waals surface area contributed by atoms with Gasteiger partial charge in [0.15, 0.2) is 5.96 Å². The Morgan fingerprint density at radius 1 is 1.50 bits per heavy atom. The lowest BCUT2D eigenvalue weighted by molar-refractivity contribution is -0.140. The number of halogens is 1. The third-order valence-electron chi connectivity index (χ3n) is 2.12. The molecule has 100 valence electrons. The van der Waals surface area contributed by atoms with Gasteiger partial charge in [-0.15, -0.1) is 24.0 Å². The number of nitrogens with zero attached hydrogens (tertiary/aromatic N) is 1. The first-order chi connectivity index (χ1) is 8.11. The van der Waals surface area contributed by atoms with E-state index in [9.17, 15) is 4.79 Å². The molecule has 18 heavy (non-hydrogen) atoms. The van der Waals surface area contributed by atoms with Gasteiger partial charge in [0.25, 0.3) is 0 Å². The summed E-state index contributed by atoms with van der Waals surface area (Å²) in [7, 11) is 1.35. The molecule has 0 fully saturated rings. The van der Waals surface area contributed by atoms with Crippen LogP contribution in [0.25, 0.3) is 0 Å². The van der Waals surface area contributed by atoms with Gasteiger partial charge in [0.2, 0.25) is 0 Å². The van der Waals surface area contributed by atoms with E-state index in [0.29, 0.717) is 12.5 Å². The number of aryl methyl sites for hydroxylation is 1. The van der Waals surface area contributed by atoms with Gasteiger partial charge in [-0.05, 0) is 24.6 Å². The number of carbonyl (C=O) groups excluding carboxylic acids is 1. The molecule has 0 aromatic heterocycles. The number of hydrogen-bond acceptors (Lipinski definition) is 3. The molecule has 0 aliphatic carbocycles. The molecule has 1 rings (SSSR count). The number of ether oxygens (including phenoxy) is 1. The Kier molecular flexibility index (Phi) is 8.10. The van der Waals surface area contributed by atoms with E-state index in [-0.39, 0.29) is 36.4 Å². The Hall–Kier alpha value is -1.31. The van der Waals surface area contributed by atoms with Crippen LogP contribution in [0.2, 0.25) is 0 Å². The highest BCUT2D eigenvalue weighted by Crippen LogP contribution is 2.08. The van der Waals surface area contributed by atoms with Crippen molar-refractivity contribution in [1.29, 1.82) is 0 Å². The molecule has 0 radical (unpaired) electrons. The summed E-state index contributed by atoms with van der Waals surface area (Å²) in [5.41, 5.74) is 7.69. The third kappa shape index (κ3) is 6.43. The fourth-order valence-corrected chi connectivity index (χ4v) is 1.28. The standard InChI is InChI=1S/C12H17N3O2.HI/c1-9-4-3-5-10(8-9)15-12(13)14-7-6-11(16)17-2;/h3-5,8H,6-7H2,1-2H3,(H3,13,14,15);1H. The normalized spacial score (nSPS) is 10.4. The van der Waals surface area contributed by atoms with Crippen LogP contribution in [0.5, 0.6) is 0 Å². The predicted octanol–water partition coefficient (Wildman–Crippen LogP) is 1.90. The van der Waals surface area contributed by atoms with Crippen molar-refractivity contribution in [2.45, 2.75) is 13.3 Å². The molecule has 0 atom stereocenters. The van der Waals surface area contributed by atoms with Crippen molar-refractivity contribution < 1.29 is 9.53 Å². The summed E-state index contributed by atoms with van der Waals surface area (Å²) >= 11 is 0. The summed E-state index contributed by atoms with van der Waals surface area (Å²) < 4.78 is 4.50. The highest BCUT2D eigenvalue weighted by Gasteiger charge is 1.99. The summed E-state index contributed by atoms with van der Waals surface area (Å²) in [6, 6.07) is 7.79. The fourth-order valence-electron chi connectivity index (χ4n) is 1.28. The number of nitrogens with one attached hydrogen (secondary N) is 1. The highest BCUT2D eigenvalue weighted by molar-refractivity contribution is 14.0. The molecule has 0 heterocycles. The van der Waals surface area contributed by atoms with Crippen LogP contribution in [0.3, 0.4) is 0 Å². The maximum absolute atomic E-state index is 10.8. The van der Waals surface area contributed by atoms with Crippen LogP contribution >= 0.6 is 24.0 Å². The number of rotatable bonds is 4. The minimum absolute atomic E-state index is 0. The summed E-state index contributed by atoms with van der Waals surface area (Å²) in [6.45, 7) is 2.31. The van der Waals surface area contributed by atoms with Gasteiger partial charge in [-0.3, -0.25) is 9.79 Å². The van der Waals surface area contributed by atoms with Crippen LogP contribution in [-0.4, -0.2) is 25.6 Å². The van der Waals surface area contributed by atoms with Crippen molar-refractivity contribution in [1.82, 2.24) is 0 Å². The average Bonchev–Trinajstić information content (AvgIpc) is 2.28. The van der Waals surface area contributed by atoms with Crippen molar-refractivity contribution in [3.63, 3.8) is 0 Å². The van der Waals surface area contributed by atoms with Gasteiger partial charge in [-0.2, -0.15) is 0 Å². The topological polar surface area (TPSA) is 76.7 Å². The van der Waals surface area contributed by atoms with Crippen LogP contribution in [-0.2, 0) is 9.53 Å². The minimum Gasteiger partial charge on any atom is -0.469 e. The maximum Gasteiger partial charge on any atom is 0.307 e. The Bertz CT molecular complexity index is 422. The lowest BCUT2D eigenvalue weighted by atomic mass is 10.2. The van der Waals surface area contributed by atoms with Gasteiger partial charge in [0.05, 0.1) is 20.1 Å². The maximum atomic E-state index is 10.8. The second kappa shape index (κ2) is 8.73. The van der Waals surface area contributed by atoms with Crippen LogP contribution in [0.1, 0.15) is 12.0 Å². The van der Waals surface area contributed by atoms with Gasteiger partial charge in [0, 0.05) is 5.69 Å². The molecule has 0 aliphatic rings. The number of benzene rings is 1. The molecule has 1 aromatic rings. The Labute approximate surface area is 124 Å². The number of methoxy groups -OCH3 is 1. The fraction of sp³-hybridized carbons (Fsp3) is 0.333. The molecular weight excluding hydrogens is 345 g/mol. The van der Waals surface area contributed by atoms with E-state index in [1.54, 1.807) is 0 Å². The van der Waals surface area contributed by atoms with Gasteiger partial charge in [-0.25, -0.2) is 0 Å². The van der Waals surface area contributed by atoms with Crippen LogP contribution in [0.15, 0.2) is 29.3 Å². The average molecular weight is 363 g/mol. The van der Waals surface area contributed by atoms with Crippen LogP contribution in [0.4, 0.5) is 5.69 Å². The summed E-state index contributed by atoms with van der Waals surface area (Å²) in [4.78, 5) is 14.9. The van der Waals surface area contributed by atoms with Crippen molar-refractivity contribution in [2.24, 2.45) is 10.7 Å². The van der Waals surface area contributed by atoms with E-state index in [1.165, 1.54) is 7.11 Å². The number of hydrogen-bond donors (Lipinski definition) is 2. The second-order valence-electron chi connectivity index (χ2n) is 3.59. The molecule has 0 unspecified atom stereocenters. The molecule has 0 aliphatic heterocycles. The van der Waals surface area contributed by atoms with Gasteiger partial charge in [0.1, 0.15) is 0 Å². The minimum atomic E-state index is -0.294. The molecule has 6 heteroatoms. The molecule has 0 saturated carbocycles. The highest BCUT2D eigenvalue weighted by atomic mass is 127. The summed E-state index contributed by atoms with van der Waals surface area (Å²) in [6.07, 6.45) is 0.229. The number of nitrogens with two attached hydrogens (primary N) is 1. The summed E-state index contributed by atoms with van der Waals surface area (Å²) in [5, 5.41) is 2.95. The number of guanidine groups is 1. The summed E-state index contributed by atoms with van der Waals surface area (Å²) in [5.74, 6) is -0.00314. The van der Waals surface area contributed by atoms with Gasteiger partial charge >= 0.3 is 5.97 Å². The molecule has 0 spiro atoms. The van der Waals surface area contributed by atoms with Gasteiger partial charge in [-0.1, -0.05) is 12.1 Å². The Balaban J connectivity index is 0.00000289. The lowest BCUT2D eigenvalue weighted by Gasteiger charge is -2.06. The molecule has 3 N–H and O–H groups in total. The van der Waals surface area contributed by atoms with E-state index in [0.717, 1.165) is 11.3 Å². The zero-order chi connectivity index (χ0) is 12.7. The SMILES string of the molecule is COC(=O)CCN=C(N)Nc1cccc(C)c1.I. The van der Waals surface area contributed by atoms with Crippen molar-refractivity contribution in [3.8, 4) is 0 Å². The molecule has 0 bridgehead atoms.